The molecule has 3 rings (SSSR count). The summed E-state index contributed by atoms with van der Waals surface area (Å²) in [6.07, 6.45) is 10.9. The molecule has 0 aliphatic heterocycles. The van der Waals surface area contributed by atoms with Crippen molar-refractivity contribution in [2.24, 2.45) is 0 Å². The van der Waals surface area contributed by atoms with E-state index in [0.29, 0.717) is 24.3 Å². The zero-order chi connectivity index (χ0) is 31.0. The fourth-order valence-electron chi connectivity index (χ4n) is 5.48. The molecule has 0 heterocycles. The number of carbonyl (C=O) groups is 2. The maximum atomic E-state index is 13.9. The third-order valence-corrected chi connectivity index (χ3v) is 8.89. The van der Waals surface area contributed by atoms with Crippen LogP contribution in [0.2, 0.25) is 0 Å². The van der Waals surface area contributed by atoms with E-state index < -0.39 is 18.2 Å². The summed E-state index contributed by atoms with van der Waals surface area (Å²) < 4.78 is 7.15. The number of aliphatic hydroxyl groups excluding tert-OH is 2. The Morgan fingerprint density at radius 2 is 1.63 bits per heavy atom. The van der Waals surface area contributed by atoms with Crippen molar-refractivity contribution in [3.63, 3.8) is 0 Å². The van der Waals surface area contributed by atoms with Crippen LogP contribution in [-0.2, 0) is 16.1 Å². The number of halogens is 1. The van der Waals surface area contributed by atoms with Crippen molar-refractivity contribution >= 4 is 34.4 Å². The largest absolute Gasteiger partial charge is 0.482 e. The molecule has 3 N–H and O–H groups in total. The average molecular weight is 705 g/mol. The van der Waals surface area contributed by atoms with Gasteiger partial charge in [0.05, 0.1) is 16.2 Å². The van der Waals surface area contributed by atoms with E-state index in [1.807, 2.05) is 55.5 Å². The van der Waals surface area contributed by atoms with Crippen LogP contribution >= 0.6 is 22.6 Å². The van der Waals surface area contributed by atoms with Gasteiger partial charge in [-0.15, -0.1) is 0 Å². The van der Waals surface area contributed by atoms with E-state index in [9.17, 15) is 19.8 Å². The molecule has 0 bridgehead atoms. The van der Waals surface area contributed by atoms with Gasteiger partial charge >= 0.3 is 0 Å². The van der Waals surface area contributed by atoms with E-state index in [1.54, 1.807) is 11.0 Å². The molecule has 3 atom stereocenters. The standard InChI is InChI=1S/C35H49IN2O5/c1-3-4-5-6-7-8-9-10-11-16-33(40)38(25-27-19-17-26(2)18-20-27)30-23-28(35(42)37-21-22-39)24-32(34(30)41)43-31-15-13-12-14-29(31)36/h12-15,17-20,24,30,32,34,39,41H,3-11,16,21-23,25H2,1-2H3,(H,37,42). The minimum absolute atomic E-state index is 0.0300. The second-order valence-corrected chi connectivity index (χ2v) is 12.7. The number of carbonyl (C=O) groups excluding carboxylic acids is 2. The van der Waals surface area contributed by atoms with Crippen molar-refractivity contribution in [3.8, 4) is 5.75 Å². The molecule has 236 valence electrons. The van der Waals surface area contributed by atoms with Crippen molar-refractivity contribution in [3.05, 3.63) is 74.9 Å². The van der Waals surface area contributed by atoms with Gasteiger partial charge in [0, 0.05) is 31.5 Å². The van der Waals surface area contributed by atoms with Gasteiger partial charge in [0.15, 0.2) is 0 Å². The fourth-order valence-corrected chi connectivity index (χ4v) is 5.99. The summed E-state index contributed by atoms with van der Waals surface area (Å²) in [7, 11) is 0. The summed E-state index contributed by atoms with van der Waals surface area (Å²) in [5, 5.41) is 23.7. The highest BCUT2D eigenvalue weighted by Crippen LogP contribution is 2.31. The third kappa shape index (κ3) is 11.5. The van der Waals surface area contributed by atoms with Crippen LogP contribution in [-0.4, -0.2) is 58.3 Å². The molecule has 1 aliphatic carbocycles. The average Bonchev–Trinajstić information content (AvgIpc) is 3.00. The number of aryl methyl sites for hydroxylation is 1. The summed E-state index contributed by atoms with van der Waals surface area (Å²) in [4.78, 5) is 28.7. The molecular formula is C35H49IN2O5. The van der Waals surface area contributed by atoms with Gasteiger partial charge in [-0.05, 0) is 59.7 Å². The molecule has 0 saturated heterocycles. The normalized spacial score (nSPS) is 18.2. The molecule has 0 saturated carbocycles. The molecule has 8 heteroatoms. The van der Waals surface area contributed by atoms with Crippen LogP contribution in [0, 0.1) is 10.5 Å². The molecule has 1 aliphatic rings. The number of amides is 2. The van der Waals surface area contributed by atoms with Gasteiger partial charge in [-0.3, -0.25) is 9.59 Å². The van der Waals surface area contributed by atoms with Crippen LogP contribution in [0.4, 0.5) is 0 Å². The van der Waals surface area contributed by atoms with Crippen molar-refractivity contribution in [1.29, 1.82) is 0 Å². The van der Waals surface area contributed by atoms with Gasteiger partial charge in [0.1, 0.15) is 18.0 Å². The SMILES string of the molecule is CCCCCCCCCCCC(=O)N(Cc1ccc(C)cc1)C1CC(C(=O)NCCO)=CC(Oc2ccccc2I)C1O. The van der Waals surface area contributed by atoms with Crippen LogP contribution in [0.25, 0.3) is 0 Å². The first kappa shape index (κ1) is 35.1. The number of rotatable bonds is 18. The lowest BCUT2D eigenvalue weighted by Crippen LogP contribution is -2.54. The Morgan fingerprint density at radius 1 is 0.977 bits per heavy atom. The molecule has 0 spiro atoms. The van der Waals surface area contributed by atoms with Crippen LogP contribution in [0.3, 0.4) is 0 Å². The molecule has 2 aromatic carbocycles. The van der Waals surface area contributed by atoms with Crippen LogP contribution in [0.5, 0.6) is 5.75 Å². The van der Waals surface area contributed by atoms with E-state index in [2.05, 4.69) is 34.8 Å². The first-order chi connectivity index (χ1) is 20.8. The number of hydrogen-bond donors (Lipinski definition) is 3. The van der Waals surface area contributed by atoms with Crippen molar-refractivity contribution in [2.75, 3.05) is 13.2 Å². The van der Waals surface area contributed by atoms with Crippen molar-refractivity contribution in [1.82, 2.24) is 10.2 Å². The maximum absolute atomic E-state index is 13.9. The minimum atomic E-state index is -1.04. The molecule has 2 amide bonds. The second-order valence-electron chi connectivity index (χ2n) is 11.5. The van der Waals surface area contributed by atoms with Gasteiger partial charge in [-0.2, -0.15) is 0 Å². The quantitative estimate of drug-likeness (QED) is 0.122. The molecule has 0 aromatic heterocycles. The molecule has 2 aromatic rings. The summed E-state index contributed by atoms with van der Waals surface area (Å²) in [6, 6.07) is 14.9. The molecule has 43 heavy (non-hydrogen) atoms. The van der Waals surface area contributed by atoms with Gasteiger partial charge in [-0.1, -0.05) is 100 Å². The van der Waals surface area contributed by atoms with E-state index in [0.717, 1.165) is 34.0 Å². The summed E-state index contributed by atoms with van der Waals surface area (Å²) in [6.45, 7) is 4.53. The number of ether oxygens (including phenoxy) is 1. The number of nitrogens with zero attached hydrogens (tertiary/aromatic N) is 1. The predicted molar refractivity (Wildman–Crippen MR) is 180 cm³/mol. The highest BCUT2D eigenvalue weighted by atomic mass is 127. The number of nitrogens with one attached hydrogen (secondary N) is 1. The zero-order valence-corrected chi connectivity index (χ0v) is 27.9. The molecular weight excluding hydrogens is 655 g/mol. The lowest BCUT2D eigenvalue weighted by atomic mass is 9.87. The number of aliphatic hydroxyl groups is 2. The molecule has 0 fully saturated rings. The number of hydrogen-bond acceptors (Lipinski definition) is 5. The van der Waals surface area contributed by atoms with Gasteiger partial charge in [0.25, 0.3) is 0 Å². The first-order valence-electron chi connectivity index (χ1n) is 15.9. The monoisotopic (exact) mass is 704 g/mol. The van der Waals surface area contributed by atoms with Gasteiger partial charge in [0.2, 0.25) is 11.8 Å². The third-order valence-electron chi connectivity index (χ3n) is 8.00. The number of benzene rings is 2. The van der Waals surface area contributed by atoms with Gasteiger partial charge in [-0.25, -0.2) is 0 Å². The lowest BCUT2D eigenvalue weighted by Gasteiger charge is -2.40. The Balaban J connectivity index is 1.79. The summed E-state index contributed by atoms with van der Waals surface area (Å²) in [5.41, 5.74) is 2.53. The Morgan fingerprint density at radius 3 is 2.28 bits per heavy atom. The van der Waals surface area contributed by atoms with Crippen molar-refractivity contribution in [2.45, 2.75) is 109 Å². The molecule has 0 radical (unpaired) electrons. The topological polar surface area (TPSA) is 99.1 Å². The van der Waals surface area contributed by atoms with Crippen LogP contribution < -0.4 is 10.1 Å². The van der Waals surface area contributed by atoms with E-state index in [4.69, 9.17) is 4.74 Å². The maximum Gasteiger partial charge on any atom is 0.247 e. The summed E-state index contributed by atoms with van der Waals surface area (Å²) >= 11 is 2.18. The molecule has 3 unspecified atom stereocenters. The Labute approximate surface area is 271 Å². The highest BCUT2D eigenvalue weighted by molar-refractivity contribution is 14.1. The highest BCUT2D eigenvalue weighted by Gasteiger charge is 2.40. The van der Waals surface area contributed by atoms with Gasteiger partial charge < -0.3 is 25.2 Å². The van der Waals surface area contributed by atoms with Crippen LogP contribution in [0.1, 0.15) is 88.7 Å². The fraction of sp³-hybridized carbons (Fsp3) is 0.543. The van der Waals surface area contributed by atoms with E-state index in [-0.39, 0.29) is 31.4 Å². The number of para-hydroxylation sites is 1. The zero-order valence-electron chi connectivity index (χ0n) is 25.8. The summed E-state index contributed by atoms with van der Waals surface area (Å²) in [5.74, 6) is 0.242. The predicted octanol–water partition coefficient (Wildman–Crippen LogP) is 6.46. The Hall–Kier alpha value is -2.43. The smallest absolute Gasteiger partial charge is 0.247 e. The van der Waals surface area contributed by atoms with Crippen molar-refractivity contribution < 1.29 is 24.5 Å². The second kappa shape index (κ2) is 19.1. The van der Waals surface area contributed by atoms with E-state index in [1.165, 1.54) is 38.5 Å². The molecule has 7 nitrogen and oxygen atoms in total. The Kier molecular flexibility index (Phi) is 15.5. The number of unbranched alkanes of at least 4 members (excludes halogenated alkanes) is 8. The first-order valence-corrected chi connectivity index (χ1v) is 17.0. The minimum Gasteiger partial charge on any atom is -0.482 e. The lowest BCUT2D eigenvalue weighted by molar-refractivity contribution is -0.139. The van der Waals surface area contributed by atoms with Crippen LogP contribution in [0.15, 0.2) is 60.2 Å². The van der Waals surface area contributed by atoms with E-state index >= 15 is 0 Å². The Bertz CT molecular complexity index is 1170.